The van der Waals surface area contributed by atoms with Gasteiger partial charge in [-0.05, 0) is 153 Å². The number of nitrogens with zero attached hydrogens (tertiary/aromatic N) is 8. The van der Waals surface area contributed by atoms with Crippen LogP contribution in [0.5, 0.6) is 0 Å². The van der Waals surface area contributed by atoms with Crippen molar-refractivity contribution in [2.24, 2.45) is 17.8 Å². The minimum atomic E-state index is -0.125. The number of aliphatic hydroxyl groups excluding tert-OH is 4. The van der Waals surface area contributed by atoms with Gasteiger partial charge < -0.3 is 41.7 Å². The maximum Gasteiger partial charge on any atom is 0.228 e. The molecule has 20 nitrogen and oxygen atoms in total. The van der Waals surface area contributed by atoms with Gasteiger partial charge in [0.05, 0.1) is 94.8 Å². The Morgan fingerprint density at radius 3 is 1.03 bits per heavy atom. The summed E-state index contributed by atoms with van der Waals surface area (Å²) in [5.41, 5.74) is 23.8. The molecule has 5 aliphatic rings. The van der Waals surface area contributed by atoms with Crippen LogP contribution in [0.2, 0.25) is 0 Å². The smallest absolute Gasteiger partial charge is 0.228 e. The lowest BCUT2D eigenvalue weighted by molar-refractivity contribution is -0.119. The first-order valence-electron chi connectivity index (χ1n) is 38.1. The molecule has 1 unspecified atom stereocenters. The van der Waals surface area contributed by atoms with Crippen molar-refractivity contribution in [2.75, 3.05) is 21.3 Å². The fourth-order valence-corrected chi connectivity index (χ4v) is 14.4. The average molecular weight is 1410 g/mol. The number of anilines is 4. The molecule has 4 amide bonds. The topological polar surface area (TPSA) is 300 Å². The Labute approximate surface area is 613 Å². The first kappa shape index (κ1) is 77.5. The molecular weight excluding hydrogens is 1300 g/mol. The van der Waals surface area contributed by atoms with Crippen molar-refractivity contribution in [1.82, 2.24) is 39.9 Å². The number of nitrogens with one attached hydrogen (secondary N) is 4. The highest BCUT2D eigenvalue weighted by Crippen LogP contribution is 2.39. The molecule has 104 heavy (non-hydrogen) atoms. The number of aromatic nitrogens is 8. The number of aryl methyl sites for hydroxylation is 12. The van der Waals surface area contributed by atoms with E-state index in [0.29, 0.717) is 47.9 Å². The van der Waals surface area contributed by atoms with E-state index in [4.69, 9.17) is 34.9 Å². The summed E-state index contributed by atoms with van der Waals surface area (Å²) in [6, 6.07) is 24.1. The molecule has 8 aromatic rings. The monoisotopic (exact) mass is 1410 g/mol. The molecule has 4 heterocycles. The summed E-state index contributed by atoms with van der Waals surface area (Å²) in [4.78, 5) is 87.3. The minimum absolute atomic E-state index is 0.00269. The highest BCUT2D eigenvalue weighted by atomic mass is 16.3. The van der Waals surface area contributed by atoms with E-state index >= 15 is 0 Å². The van der Waals surface area contributed by atoms with Crippen LogP contribution < -0.4 is 21.3 Å². The molecule has 0 aliphatic heterocycles. The van der Waals surface area contributed by atoms with Crippen LogP contribution in [0.1, 0.15) is 229 Å². The fraction of sp³-hybridized carbons (Fsp3) is 0.476. The SMILES string of the molecule is CCCc1nc2c(nc1NC(=O)C(C)CC)CCc1cc(CO)ccc1-2.CCCc1nc2c(nc1NC(=O)CC(C)C)CCc1cc(CO)ccc1-2.CCCc1nc2c(nc1NC(=O)CC1CCCCC1)CCc1cc(CO)ccc1-2.CCCc1nc2c(nc1NC(C)=O)CCc1cc(CO)ccc1-2. The molecule has 13 rings (SSSR count). The quantitative estimate of drug-likeness (QED) is 0.0313. The second-order valence-electron chi connectivity index (χ2n) is 28.7. The zero-order valence-corrected chi connectivity index (χ0v) is 62.5. The van der Waals surface area contributed by atoms with E-state index in [0.717, 1.165) is 235 Å². The van der Waals surface area contributed by atoms with Crippen molar-refractivity contribution in [1.29, 1.82) is 0 Å². The third kappa shape index (κ3) is 19.4. The maximum absolute atomic E-state index is 12.7. The summed E-state index contributed by atoms with van der Waals surface area (Å²) >= 11 is 0. The number of hydrogen-bond donors (Lipinski definition) is 8. The van der Waals surface area contributed by atoms with E-state index < -0.39 is 0 Å². The van der Waals surface area contributed by atoms with Gasteiger partial charge in [0.25, 0.3) is 0 Å². The molecule has 4 aromatic heterocycles. The number of carbonyl (C=O) groups is 4. The first-order chi connectivity index (χ1) is 50.4. The van der Waals surface area contributed by atoms with E-state index in [2.05, 4.69) is 72.1 Å². The lowest BCUT2D eigenvalue weighted by Gasteiger charge is -2.23. The van der Waals surface area contributed by atoms with Crippen molar-refractivity contribution in [3.63, 3.8) is 0 Å². The third-order valence-corrected chi connectivity index (χ3v) is 20.0. The summed E-state index contributed by atoms with van der Waals surface area (Å²) in [6.45, 7) is 18.1. The van der Waals surface area contributed by atoms with Gasteiger partial charge in [-0.1, -0.05) is 173 Å². The molecule has 0 spiro atoms. The van der Waals surface area contributed by atoms with Crippen molar-refractivity contribution in [3.8, 4) is 45.0 Å². The molecule has 1 saturated carbocycles. The number of hydrogen-bond acceptors (Lipinski definition) is 16. The summed E-state index contributed by atoms with van der Waals surface area (Å²) < 4.78 is 0. The molecular formula is C84H106N12O8. The van der Waals surface area contributed by atoms with Crippen LogP contribution in [0.15, 0.2) is 72.8 Å². The Morgan fingerprint density at radius 2 is 0.731 bits per heavy atom. The van der Waals surface area contributed by atoms with Crippen molar-refractivity contribution < 1.29 is 39.6 Å². The van der Waals surface area contributed by atoms with E-state index in [1.165, 1.54) is 48.4 Å². The molecule has 1 fully saturated rings. The standard InChI is InChI=1S/C24H31N3O2.2C21H27N3O2.C18H21N3O2/c1-2-6-21-24(27-22(29)14-16-7-4-3-5-8-16)26-20-12-10-18-13-17(15-28)9-11-19(18)23(20)25-21;1-4-5-18-21(24-19(26)10-13(2)3)23-17-9-7-15-11-14(12-25)6-8-16(15)20(17)22-18;1-4-6-18-20(24-21(26)13(3)5-2)23-17-10-8-15-11-14(12-25)7-9-16(15)19(17)22-18;1-3-4-16-18(19-11(2)23)21-15-8-6-13-9-12(10-22)5-7-14(13)17(15)20-16/h9,11,13,16,28H,2-8,10,12,14-15H2,1H3,(H,26,27,29);6,8,11,13,25H,4-5,7,9-10,12H2,1-3H3,(H,23,24,26);7,9,11,13,25H,4-6,8,10,12H2,1-3H3,(H,23,24,26);5,7,9,22H,3-4,6,8,10H2,1-2H3,(H,19,21,23). The summed E-state index contributed by atoms with van der Waals surface area (Å²) in [6.07, 6.45) is 21.6. The van der Waals surface area contributed by atoms with E-state index in [9.17, 15) is 39.6 Å². The number of fused-ring (bicyclic) bond motifs is 12. The van der Waals surface area contributed by atoms with E-state index in [1.807, 2.05) is 82.3 Å². The Bertz CT molecular complexity index is 4380. The van der Waals surface area contributed by atoms with Crippen molar-refractivity contribution in [2.45, 2.75) is 243 Å². The van der Waals surface area contributed by atoms with Gasteiger partial charge in [0.15, 0.2) is 23.3 Å². The third-order valence-electron chi connectivity index (χ3n) is 20.0. The molecule has 5 aliphatic carbocycles. The van der Waals surface area contributed by atoms with E-state index in [1.54, 1.807) is 0 Å². The summed E-state index contributed by atoms with van der Waals surface area (Å²) in [5, 5.41) is 49.3. The molecule has 8 N–H and O–H groups in total. The van der Waals surface area contributed by atoms with Gasteiger partial charge in [-0.2, -0.15) is 0 Å². The molecule has 4 aromatic carbocycles. The Balaban J connectivity index is 0.000000149. The minimum Gasteiger partial charge on any atom is -0.392 e. The van der Waals surface area contributed by atoms with Gasteiger partial charge in [-0.15, -0.1) is 0 Å². The lowest BCUT2D eigenvalue weighted by Crippen LogP contribution is -2.23. The normalized spacial score (nSPS) is 13.9. The van der Waals surface area contributed by atoms with Crippen molar-refractivity contribution in [3.05, 3.63) is 163 Å². The predicted molar refractivity (Wildman–Crippen MR) is 409 cm³/mol. The Kier molecular flexibility index (Phi) is 27.6. The second kappa shape index (κ2) is 37.1. The van der Waals surface area contributed by atoms with Crippen LogP contribution in [-0.2, 0) is 123 Å². The molecule has 1 atom stereocenters. The average Bonchev–Trinajstić information content (AvgIpc) is 0.793. The number of benzene rings is 4. The number of carbonyl (C=O) groups excluding carboxylic acids is 4. The van der Waals surface area contributed by atoms with Gasteiger partial charge in [-0.3, -0.25) is 19.2 Å². The van der Waals surface area contributed by atoms with Crippen LogP contribution in [0.3, 0.4) is 0 Å². The molecule has 20 heteroatoms. The van der Waals surface area contributed by atoms with Gasteiger partial charge in [0, 0.05) is 47.9 Å². The molecule has 0 bridgehead atoms. The Morgan fingerprint density at radius 1 is 0.413 bits per heavy atom. The van der Waals surface area contributed by atoms with Crippen LogP contribution in [-0.4, -0.2) is 83.9 Å². The largest absolute Gasteiger partial charge is 0.392 e. The van der Waals surface area contributed by atoms with Gasteiger partial charge in [0.1, 0.15) is 0 Å². The Hall–Kier alpha value is -9.08. The number of aliphatic hydroxyl groups is 4. The molecule has 0 saturated heterocycles. The summed E-state index contributed by atoms with van der Waals surface area (Å²) in [5.74, 6) is 3.21. The zero-order chi connectivity index (χ0) is 74.0. The predicted octanol–water partition coefficient (Wildman–Crippen LogP) is 14.6. The lowest BCUT2D eigenvalue weighted by atomic mass is 9.87. The number of rotatable bonds is 22. The molecule has 0 radical (unpaired) electrons. The van der Waals surface area contributed by atoms with Crippen LogP contribution in [0, 0.1) is 17.8 Å². The zero-order valence-electron chi connectivity index (χ0n) is 62.5. The number of amides is 4. The highest BCUT2D eigenvalue weighted by molar-refractivity contribution is 5.93. The van der Waals surface area contributed by atoms with Gasteiger partial charge in [-0.25, -0.2) is 39.9 Å². The maximum atomic E-state index is 12.7. The van der Waals surface area contributed by atoms with E-state index in [-0.39, 0.29) is 56.0 Å². The van der Waals surface area contributed by atoms with Gasteiger partial charge in [0.2, 0.25) is 23.6 Å². The second-order valence-corrected chi connectivity index (χ2v) is 28.7. The van der Waals surface area contributed by atoms with Crippen LogP contribution in [0.25, 0.3) is 45.0 Å². The summed E-state index contributed by atoms with van der Waals surface area (Å²) in [7, 11) is 0. The van der Waals surface area contributed by atoms with Crippen LogP contribution >= 0.6 is 0 Å². The fourth-order valence-electron chi connectivity index (χ4n) is 14.4. The van der Waals surface area contributed by atoms with Crippen LogP contribution in [0.4, 0.5) is 23.3 Å². The van der Waals surface area contributed by atoms with Crippen molar-refractivity contribution >= 4 is 46.9 Å². The highest BCUT2D eigenvalue weighted by Gasteiger charge is 2.29. The molecule has 550 valence electrons. The first-order valence-corrected chi connectivity index (χ1v) is 38.1. The van der Waals surface area contributed by atoms with Gasteiger partial charge >= 0.3 is 0 Å².